The van der Waals surface area contributed by atoms with E-state index in [1.165, 1.54) is 11.3 Å². The lowest BCUT2D eigenvalue weighted by molar-refractivity contribution is 0.173. The molecule has 0 bridgehead atoms. The number of aryl methyl sites for hydroxylation is 2. The van der Waals surface area contributed by atoms with Crippen LogP contribution in [0.25, 0.3) is 0 Å². The monoisotopic (exact) mass is 387 g/mol. The molecule has 2 heterocycles. The molecule has 0 fully saturated rings. The van der Waals surface area contributed by atoms with Gasteiger partial charge in [0, 0.05) is 31.9 Å². The Balaban J connectivity index is 1.43. The first-order valence-electron chi connectivity index (χ1n) is 9.46. The summed E-state index contributed by atoms with van der Waals surface area (Å²) in [4.78, 5) is 4.29. The van der Waals surface area contributed by atoms with E-state index in [0.717, 1.165) is 35.3 Å². The Kier molecular flexibility index (Phi) is 6.28. The third kappa shape index (κ3) is 4.68. The normalized spacial score (nSPS) is 14.1. The van der Waals surface area contributed by atoms with Gasteiger partial charge in [0.15, 0.2) is 17.5 Å². The molecule has 1 aliphatic heterocycles. The molecule has 0 spiro atoms. The minimum absolute atomic E-state index is 0.225. The van der Waals surface area contributed by atoms with Gasteiger partial charge in [-0.25, -0.2) is 0 Å². The third-order valence-electron chi connectivity index (χ3n) is 4.78. The minimum atomic E-state index is 0.225. The molecule has 8 heteroatoms. The van der Waals surface area contributed by atoms with Gasteiger partial charge in [0.2, 0.25) is 6.79 Å². The number of aliphatic imine (C=N–C) groups is 1. The van der Waals surface area contributed by atoms with Crippen LogP contribution in [0.15, 0.2) is 23.2 Å². The number of guanidine groups is 1. The lowest BCUT2D eigenvalue weighted by Crippen LogP contribution is -2.44. The average Bonchev–Trinajstić information content (AvgIpc) is 3.23. The van der Waals surface area contributed by atoms with E-state index in [0.29, 0.717) is 13.2 Å². The number of aromatic nitrogens is 2. The summed E-state index contributed by atoms with van der Waals surface area (Å²) in [7, 11) is 3.74. The first-order chi connectivity index (χ1) is 13.5. The quantitative estimate of drug-likeness (QED) is 0.429. The highest BCUT2D eigenvalue weighted by molar-refractivity contribution is 5.79. The average molecular weight is 387 g/mol. The predicted molar refractivity (Wildman–Crippen MR) is 108 cm³/mol. The number of nitrogens with one attached hydrogen (secondary N) is 2. The third-order valence-corrected chi connectivity index (χ3v) is 4.78. The molecule has 0 aliphatic carbocycles. The highest BCUT2D eigenvalue weighted by Crippen LogP contribution is 2.34. The van der Waals surface area contributed by atoms with Crippen molar-refractivity contribution in [2.24, 2.45) is 12.0 Å². The van der Waals surface area contributed by atoms with Gasteiger partial charge < -0.3 is 24.8 Å². The summed E-state index contributed by atoms with van der Waals surface area (Å²) in [6.45, 7) is 7.69. The number of hydrogen-bond acceptors (Lipinski definition) is 5. The molecule has 1 atom stereocenters. The zero-order valence-corrected chi connectivity index (χ0v) is 17.2. The standard InChI is InChI=1S/C20H29N5O3/c1-13(10-17-14(2)24-25(5)15(17)3)23-20(21-4)22-8-9-26-16-6-7-18-19(11-16)28-12-27-18/h6-7,11,13H,8-10,12H2,1-5H3,(H2,21,22,23). The van der Waals surface area contributed by atoms with Crippen molar-refractivity contribution in [1.82, 2.24) is 20.4 Å². The van der Waals surface area contributed by atoms with Gasteiger partial charge in [-0.1, -0.05) is 0 Å². The first-order valence-corrected chi connectivity index (χ1v) is 9.46. The van der Waals surface area contributed by atoms with Crippen molar-refractivity contribution in [2.45, 2.75) is 33.2 Å². The zero-order valence-electron chi connectivity index (χ0n) is 17.2. The Morgan fingerprint density at radius 2 is 2.11 bits per heavy atom. The van der Waals surface area contributed by atoms with Crippen LogP contribution in [0, 0.1) is 13.8 Å². The predicted octanol–water partition coefficient (Wildman–Crippen LogP) is 1.94. The van der Waals surface area contributed by atoms with Crippen LogP contribution in [0.4, 0.5) is 0 Å². The molecule has 0 saturated heterocycles. The maximum atomic E-state index is 5.77. The minimum Gasteiger partial charge on any atom is -0.492 e. The fraction of sp³-hybridized carbons (Fsp3) is 0.500. The largest absolute Gasteiger partial charge is 0.492 e. The van der Waals surface area contributed by atoms with Gasteiger partial charge >= 0.3 is 0 Å². The maximum absolute atomic E-state index is 5.77. The smallest absolute Gasteiger partial charge is 0.231 e. The molecule has 0 amide bonds. The topological polar surface area (TPSA) is 81.9 Å². The summed E-state index contributed by atoms with van der Waals surface area (Å²) in [5.41, 5.74) is 3.56. The molecule has 2 aromatic rings. The second kappa shape index (κ2) is 8.86. The van der Waals surface area contributed by atoms with Gasteiger partial charge in [0.1, 0.15) is 12.4 Å². The van der Waals surface area contributed by atoms with Gasteiger partial charge in [-0.15, -0.1) is 0 Å². The summed E-state index contributed by atoms with van der Waals surface area (Å²) in [6.07, 6.45) is 0.889. The van der Waals surface area contributed by atoms with Gasteiger partial charge in [-0.3, -0.25) is 9.67 Å². The van der Waals surface area contributed by atoms with Crippen LogP contribution in [0.3, 0.4) is 0 Å². The van der Waals surface area contributed by atoms with E-state index in [4.69, 9.17) is 14.2 Å². The Bertz CT molecular complexity index is 847. The van der Waals surface area contributed by atoms with Gasteiger partial charge in [-0.05, 0) is 44.9 Å². The molecule has 28 heavy (non-hydrogen) atoms. The van der Waals surface area contributed by atoms with Crippen LogP contribution >= 0.6 is 0 Å². The molecule has 1 aliphatic rings. The number of fused-ring (bicyclic) bond motifs is 1. The van der Waals surface area contributed by atoms with Gasteiger partial charge in [0.25, 0.3) is 0 Å². The van der Waals surface area contributed by atoms with Crippen LogP contribution < -0.4 is 24.8 Å². The lowest BCUT2D eigenvalue weighted by atomic mass is 10.1. The van der Waals surface area contributed by atoms with Crippen molar-refractivity contribution in [1.29, 1.82) is 0 Å². The molecule has 1 aromatic heterocycles. The van der Waals surface area contributed by atoms with E-state index in [1.54, 1.807) is 7.05 Å². The van der Waals surface area contributed by atoms with Crippen molar-refractivity contribution in [3.05, 3.63) is 35.2 Å². The summed E-state index contributed by atoms with van der Waals surface area (Å²) in [6, 6.07) is 5.80. The van der Waals surface area contributed by atoms with Crippen molar-refractivity contribution in [2.75, 3.05) is 27.0 Å². The number of hydrogen-bond donors (Lipinski definition) is 2. The number of rotatable bonds is 7. The van der Waals surface area contributed by atoms with Gasteiger partial charge in [-0.2, -0.15) is 5.10 Å². The Morgan fingerprint density at radius 1 is 1.32 bits per heavy atom. The highest BCUT2D eigenvalue weighted by atomic mass is 16.7. The Hall–Kier alpha value is -2.90. The van der Waals surface area contributed by atoms with Crippen LogP contribution in [-0.4, -0.2) is 48.8 Å². The van der Waals surface area contributed by atoms with Gasteiger partial charge in [0.05, 0.1) is 12.2 Å². The second-order valence-electron chi connectivity index (χ2n) is 6.89. The molecular formula is C20H29N5O3. The number of benzene rings is 1. The number of nitrogens with zero attached hydrogens (tertiary/aromatic N) is 3. The van der Waals surface area contributed by atoms with E-state index in [1.807, 2.05) is 29.9 Å². The molecule has 152 valence electrons. The molecule has 0 radical (unpaired) electrons. The Morgan fingerprint density at radius 3 is 2.82 bits per heavy atom. The fourth-order valence-electron chi connectivity index (χ4n) is 3.20. The van der Waals surface area contributed by atoms with Crippen LogP contribution in [0.1, 0.15) is 23.9 Å². The second-order valence-corrected chi connectivity index (χ2v) is 6.89. The van der Waals surface area contributed by atoms with Crippen molar-refractivity contribution in [3.63, 3.8) is 0 Å². The molecule has 3 rings (SSSR count). The summed E-state index contributed by atoms with van der Waals surface area (Å²) >= 11 is 0. The first kappa shape index (κ1) is 19.9. The Labute approximate surface area is 165 Å². The molecule has 1 aromatic carbocycles. The zero-order chi connectivity index (χ0) is 20.1. The maximum Gasteiger partial charge on any atom is 0.231 e. The van der Waals surface area contributed by atoms with Crippen LogP contribution in [-0.2, 0) is 13.5 Å². The van der Waals surface area contributed by atoms with Crippen molar-refractivity contribution < 1.29 is 14.2 Å². The van der Waals surface area contributed by atoms with E-state index in [-0.39, 0.29) is 12.8 Å². The highest BCUT2D eigenvalue weighted by Gasteiger charge is 2.15. The molecule has 8 nitrogen and oxygen atoms in total. The summed E-state index contributed by atoms with van der Waals surface area (Å²) in [5, 5.41) is 11.2. The van der Waals surface area contributed by atoms with Crippen LogP contribution in [0.2, 0.25) is 0 Å². The van der Waals surface area contributed by atoms with E-state index in [2.05, 4.69) is 41.5 Å². The van der Waals surface area contributed by atoms with E-state index in [9.17, 15) is 0 Å². The fourth-order valence-corrected chi connectivity index (χ4v) is 3.20. The van der Waals surface area contributed by atoms with Crippen molar-refractivity contribution >= 4 is 5.96 Å². The van der Waals surface area contributed by atoms with E-state index < -0.39 is 0 Å². The van der Waals surface area contributed by atoms with Crippen LogP contribution in [0.5, 0.6) is 17.2 Å². The van der Waals surface area contributed by atoms with Crippen molar-refractivity contribution in [3.8, 4) is 17.2 Å². The molecule has 1 unspecified atom stereocenters. The molecule has 2 N–H and O–H groups in total. The molecule has 0 saturated carbocycles. The summed E-state index contributed by atoms with van der Waals surface area (Å²) < 4.78 is 18.4. The summed E-state index contributed by atoms with van der Waals surface area (Å²) in [5.74, 6) is 2.98. The number of ether oxygens (including phenoxy) is 3. The lowest BCUT2D eigenvalue weighted by Gasteiger charge is -2.18. The molecular weight excluding hydrogens is 358 g/mol. The van der Waals surface area contributed by atoms with E-state index >= 15 is 0 Å². The SMILES string of the molecule is CN=C(NCCOc1ccc2c(c1)OCO2)NC(C)Cc1c(C)nn(C)c1C.